The highest BCUT2D eigenvalue weighted by Gasteiger charge is 2.23. The molecule has 1 aromatic rings. The summed E-state index contributed by atoms with van der Waals surface area (Å²) in [4.78, 5) is 12.7. The molecular weight excluding hydrogens is 314 g/mol. The molecule has 98 valence electrons. The van der Waals surface area contributed by atoms with Crippen molar-refractivity contribution in [2.45, 2.75) is 31.0 Å². The number of halogens is 2. The van der Waals surface area contributed by atoms with Crippen molar-refractivity contribution in [3.63, 3.8) is 0 Å². The lowest BCUT2D eigenvalue weighted by Gasteiger charge is -2.12. The van der Waals surface area contributed by atoms with Gasteiger partial charge in [0.2, 0.25) is 0 Å². The maximum atomic E-state index is 12.0. The van der Waals surface area contributed by atoms with Crippen LogP contribution in [0.5, 0.6) is 0 Å². The van der Waals surface area contributed by atoms with E-state index >= 15 is 0 Å². The molecule has 1 aliphatic rings. The van der Waals surface area contributed by atoms with Crippen LogP contribution in [0.15, 0.2) is 18.2 Å². The van der Waals surface area contributed by atoms with Crippen LogP contribution in [0.2, 0.25) is 5.02 Å². The SMILES string of the molecule is Cc1cc(Cl)ccc1C(=O)NCC1CCC(Br)C1. The minimum absolute atomic E-state index is 0.00203. The molecule has 2 rings (SSSR count). The molecule has 0 spiro atoms. The van der Waals surface area contributed by atoms with Gasteiger partial charge in [-0.2, -0.15) is 0 Å². The average Bonchev–Trinajstić information content (AvgIpc) is 2.72. The summed E-state index contributed by atoms with van der Waals surface area (Å²) >= 11 is 9.50. The molecule has 2 atom stereocenters. The van der Waals surface area contributed by atoms with Crippen LogP contribution >= 0.6 is 27.5 Å². The number of nitrogens with one attached hydrogen (secondary N) is 1. The minimum atomic E-state index is 0.00203. The fourth-order valence-electron chi connectivity index (χ4n) is 2.41. The highest BCUT2D eigenvalue weighted by atomic mass is 79.9. The number of carbonyl (C=O) groups is 1. The second-order valence-corrected chi connectivity index (χ2v) is 6.68. The summed E-state index contributed by atoms with van der Waals surface area (Å²) in [7, 11) is 0. The molecule has 1 aliphatic carbocycles. The minimum Gasteiger partial charge on any atom is -0.352 e. The summed E-state index contributed by atoms with van der Waals surface area (Å²) < 4.78 is 0. The van der Waals surface area contributed by atoms with Gasteiger partial charge < -0.3 is 5.32 Å². The fourth-order valence-corrected chi connectivity index (χ4v) is 3.43. The summed E-state index contributed by atoms with van der Waals surface area (Å²) in [6.45, 7) is 2.67. The number of hydrogen-bond acceptors (Lipinski definition) is 1. The van der Waals surface area contributed by atoms with Crippen LogP contribution in [0.4, 0.5) is 0 Å². The number of aryl methyl sites for hydroxylation is 1. The van der Waals surface area contributed by atoms with Crippen LogP contribution in [-0.4, -0.2) is 17.3 Å². The van der Waals surface area contributed by atoms with Crippen molar-refractivity contribution in [3.8, 4) is 0 Å². The van der Waals surface area contributed by atoms with Gasteiger partial charge in [0, 0.05) is 22.0 Å². The van der Waals surface area contributed by atoms with Gasteiger partial charge in [0.25, 0.3) is 5.91 Å². The van der Waals surface area contributed by atoms with Gasteiger partial charge in [0.1, 0.15) is 0 Å². The summed E-state index contributed by atoms with van der Waals surface area (Å²) in [5.41, 5.74) is 1.64. The van der Waals surface area contributed by atoms with Gasteiger partial charge in [-0.25, -0.2) is 0 Å². The molecule has 1 saturated carbocycles. The summed E-state index contributed by atoms with van der Waals surface area (Å²) in [5, 5.41) is 3.69. The number of amides is 1. The molecule has 0 bridgehead atoms. The van der Waals surface area contributed by atoms with Crippen molar-refractivity contribution in [1.82, 2.24) is 5.32 Å². The third-order valence-electron chi connectivity index (χ3n) is 3.46. The number of rotatable bonds is 3. The van der Waals surface area contributed by atoms with Crippen LogP contribution in [0.25, 0.3) is 0 Å². The summed E-state index contributed by atoms with van der Waals surface area (Å²) in [5.74, 6) is 0.605. The van der Waals surface area contributed by atoms with Gasteiger partial charge in [0.05, 0.1) is 0 Å². The Labute approximate surface area is 121 Å². The van der Waals surface area contributed by atoms with E-state index in [1.807, 2.05) is 13.0 Å². The molecule has 0 aromatic heterocycles. The van der Waals surface area contributed by atoms with Crippen LogP contribution in [0, 0.1) is 12.8 Å². The van der Waals surface area contributed by atoms with Crippen molar-refractivity contribution in [2.75, 3.05) is 6.54 Å². The lowest BCUT2D eigenvalue weighted by molar-refractivity contribution is 0.0947. The molecule has 2 unspecified atom stereocenters. The van der Waals surface area contributed by atoms with E-state index in [2.05, 4.69) is 21.2 Å². The normalized spacial score (nSPS) is 23.1. The Morgan fingerprint density at radius 3 is 2.89 bits per heavy atom. The van der Waals surface area contributed by atoms with Crippen LogP contribution in [0.3, 0.4) is 0 Å². The van der Waals surface area contributed by atoms with E-state index in [4.69, 9.17) is 11.6 Å². The monoisotopic (exact) mass is 329 g/mol. The topological polar surface area (TPSA) is 29.1 Å². The second kappa shape index (κ2) is 6.07. The molecule has 0 heterocycles. The predicted octanol–water partition coefficient (Wildman–Crippen LogP) is 3.94. The lowest BCUT2D eigenvalue weighted by Crippen LogP contribution is -2.29. The Hall–Kier alpha value is -0.540. The maximum absolute atomic E-state index is 12.0. The van der Waals surface area contributed by atoms with E-state index in [1.54, 1.807) is 12.1 Å². The van der Waals surface area contributed by atoms with Gasteiger partial charge in [-0.1, -0.05) is 27.5 Å². The van der Waals surface area contributed by atoms with Crippen LogP contribution in [-0.2, 0) is 0 Å². The summed E-state index contributed by atoms with van der Waals surface area (Å²) in [6.07, 6.45) is 3.55. The number of alkyl halides is 1. The number of benzene rings is 1. The predicted molar refractivity (Wildman–Crippen MR) is 78.6 cm³/mol. The molecule has 18 heavy (non-hydrogen) atoms. The van der Waals surface area contributed by atoms with E-state index in [0.29, 0.717) is 21.3 Å². The van der Waals surface area contributed by atoms with E-state index in [1.165, 1.54) is 12.8 Å². The first-order valence-electron chi connectivity index (χ1n) is 6.24. The zero-order valence-electron chi connectivity index (χ0n) is 10.4. The highest BCUT2D eigenvalue weighted by Crippen LogP contribution is 2.30. The van der Waals surface area contributed by atoms with Gasteiger partial charge in [0.15, 0.2) is 0 Å². The number of carbonyl (C=O) groups excluding carboxylic acids is 1. The van der Waals surface area contributed by atoms with Gasteiger partial charge in [-0.15, -0.1) is 0 Å². The first-order valence-corrected chi connectivity index (χ1v) is 7.54. The largest absolute Gasteiger partial charge is 0.352 e. The smallest absolute Gasteiger partial charge is 0.251 e. The quantitative estimate of drug-likeness (QED) is 0.836. The van der Waals surface area contributed by atoms with E-state index in [0.717, 1.165) is 18.5 Å². The Bertz CT molecular complexity index is 449. The number of hydrogen-bond donors (Lipinski definition) is 1. The Kier molecular flexibility index (Phi) is 4.68. The van der Waals surface area contributed by atoms with Crippen molar-refractivity contribution in [3.05, 3.63) is 34.3 Å². The third-order valence-corrected chi connectivity index (χ3v) is 4.53. The molecule has 1 fully saturated rings. The molecular formula is C14H17BrClNO. The van der Waals surface area contributed by atoms with Crippen molar-refractivity contribution in [2.24, 2.45) is 5.92 Å². The maximum Gasteiger partial charge on any atom is 0.251 e. The Morgan fingerprint density at radius 1 is 1.50 bits per heavy atom. The molecule has 0 aliphatic heterocycles. The van der Waals surface area contributed by atoms with Gasteiger partial charge in [-0.3, -0.25) is 4.79 Å². The van der Waals surface area contributed by atoms with E-state index in [9.17, 15) is 4.79 Å². The lowest BCUT2D eigenvalue weighted by atomic mass is 10.1. The van der Waals surface area contributed by atoms with Crippen LogP contribution < -0.4 is 5.32 Å². The Balaban J connectivity index is 1.91. The molecule has 4 heteroatoms. The van der Waals surface area contributed by atoms with E-state index < -0.39 is 0 Å². The summed E-state index contributed by atoms with van der Waals surface area (Å²) in [6, 6.07) is 5.36. The van der Waals surface area contributed by atoms with Crippen molar-refractivity contribution in [1.29, 1.82) is 0 Å². The zero-order chi connectivity index (χ0) is 13.1. The van der Waals surface area contributed by atoms with Crippen molar-refractivity contribution < 1.29 is 4.79 Å². The molecule has 1 aromatic carbocycles. The van der Waals surface area contributed by atoms with E-state index in [-0.39, 0.29) is 5.91 Å². The van der Waals surface area contributed by atoms with Crippen LogP contribution in [0.1, 0.15) is 35.2 Å². The Morgan fingerprint density at radius 2 is 2.28 bits per heavy atom. The molecule has 1 amide bonds. The highest BCUT2D eigenvalue weighted by molar-refractivity contribution is 9.09. The standard InChI is InChI=1S/C14H17BrClNO/c1-9-6-12(16)4-5-13(9)14(18)17-8-10-2-3-11(15)7-10/h4-6,10-11H,2-3,7-8H2,1H3,(H,17,18). The van der Waals surface area contributed by atoms with Crippen molar-refractivity contribution >= 4 is 33.4 Å². The average molecular weight is 331 g/mol. The van der Waals surface area contributed by atoms with Gasteiger partial charge >= 0.3 is 0 Å². The first-order chi connectivity index (χ1) is 8.56. The second-order valence-electron chi connectivity index (χ2n) is 4.95. The fraction of sp³-hybridized carbons (Fsp3) is 0.500. The first kappa shape index (κ1) is 13.9. The molecule has 1 N–H and O–H groups in total. The van der Waals surface area contributed by atoms with Gasteiger partial charge in [-0.05, 0) is 55.9 Å². The molecule has 0 saturated heterocycles. The third kappa shape index (κ3) is 3.48. The molecule has 2 nitrogen and oxygen atoms in total. The zero-order valence-corrected chi connectivity index (χ0v) is 12.7. The molecule has 0 radical (unpaired) electrons.